The van der Waals surface area contributed by atoms with Gasteiger partial charge in [0.25, 0.3) is 5.91 Å². The number of ether oxygens (including phenoxy) is 1. The van der Waals surface area contributed by atoms with Gasteiger partial charge in [-0.15, -0.1) is 11.3 Å². The number of methoxy groups -OCH3 is 1. The molecule has 1 aliphatic heterocycles. The van der Waals surface area contributed by atoms with Crippen molar-refractivity contribution in [1.82, 2.24) is 9.91 Å². The van der Waals surface area contributed by atoms with Crippen molar-refractivity contribution >= 4 is 28.9 Å². The Morgan fingerprint density at radius 3 is 2.70 bits per heavy atom. The first-order valence-electron chi connectivity index (χ1n) is 9.88. The van der Waals surface area contributed by atoms with Crippen LogP contribution in [0.1, 0.15) is 36.8 Å². The lowest BCUT2D eigenvalue weighted by Gasteiger charge is -2.28. The van der Waals surface area contributed by atoms with E-state index in [-0.39, 0.29) is 30.1 Å². The number of rotatable bonds is 8. The summed E-state index contributed by atoms with van der Waals surface area (Å²) in [6.07, 6.45) is 0.420. The molecule has 0 spiro atoms. The quantitative estimate of drug-likeness (QED) is 0.640. The summed E-state index contributed by atoms with van der Waals surface area (Å²) in [5.74, 6) is -1.11. The molecule has 0 saturated carbocycles. The van der Waals surface area contributed by atoms with Gasteiger partial charge >= 0.3 is 0 Å². The van der Waals surface area contributed by atoms with E-state index in [1.807, 2.05) is 17.5 Å². The second-order valence-corrected chi connectivity index (χ2v) is 8.36. The van der Waals surface area contributed by atoms with Gasteiger partial charge in [-0.25, -0.2) is 9.40 Å². The first kappa shape index (κ1) is 22.1. The zero-order valence-electron chi connectivity index (χ0n) is 17.4. The Labute approximate surface area is 179 Å². The van der Waals surface area contributed by atoms with Crippen LogP contribution >= 0.6 is 11.3 Å². The number of nitrogens with zero attached hydrogens (tertiary/aromatic N) is 3. The molecule has 8 heteroatoms. The summed E-state index contributed by atoms with van der Waals surface area (Å²) in [6, 6.07) is 9.73. The summed E-state index contributed by atoms with van der Waals surface area (Å²) in [6.45, 7) is 4.08. The van der Waals surface area contributed by atoms with E-state index < -0.39 is 6.04 Å². The van der Waals surface area contributed by atoms with E-state index in [9.17, 15) is 14.0 Å². The zero-order chi connectivity index (χ0) is 21.7. The summed E-state index contributed by atoms with van der Waals surface area (Å²) in [5.41, 5.74) is 1.16. The summed E-state index contributed by atoms with van der Waals surface area (Å²) in [7, 11) is 1.55. The van der Waals surface area contributed by atoms with Crippen LogP contribution in [0.4, 0.5) is 4.39 Å². The molecule has 1 aliphatic rings. The molecule has 0 unspecified atom stereocenters. The Hall–Kier alpha value is -2.58. The van der Waals surface area contributed by atoms with Crippen molar-refractivity contribution in [2.45, 2.75) is 26.3 Å². The third-order valence-corrected chi connectivity index (χ3v) is 5.85. The minimum absolute atomic E-state index is 0.132. The average Bonchev–Trinajstić information content (AvgIpc) is 3.40. The molecule has 0 bridgehead atoms. The second kappa shape index (κ2) is 9.95. The van der Waals surface area contributed by atoms with Crippen molar-refractivity contribution < 1.29 is 18.7 Å². The van der Waals surface area contributed by atoms with Crippen molar-refractivity contribution in [2.24, 2.45) is 11.0 Å². The van der Waals surface area contributed by atoms with Gasteiger partial charge in [-0.3, -0.25) is 9.59 Å². The molecule has 30 heavy (non-hydrogen) atoms. The van der Waals surface area contributed by atoms with Gasteiger partial charge in [0.05, 0.1) is 23.2 Å². The number of hydrazone groups is 1. The van der Waals surface area contributed by atoms with Crippen LogP contribution in [-0.4, -0.2) is 54.2 Å². The van der Waals surface area contributed by atoms with Crippen molar-refractivity contribution in [3.63, 3.8) is 0 Å². The fourth-order valence-corrected chi connectivity index (χ4v) is 4.11. The van der Waals surface area contributed by atoms with Crippen LogP contribution in [0.15, 0.2) is 46.9 Å². The average molecular weight is 432 g/mol. The normalized spacial score (nSPS) is 16.1. The molecule has 0 saturated heterocycles. The molecule has 0 N–H and O–H groups in total. The number of carbonyl (C=O) groups is 2. The summed E-state index contributed by atoms with van der Waals surface area (Å²) >= 11 is 1.53. The van der Waals surface area contributed by atoms with E-state index in [2.05, 4.69) is 5.10 Å². The molecule has 2 amide bonds. The minimum Gasteiger partial charge on any atom is -0.383 e. The lowest BCUT2D eigenvalue weighted by Crippen LogP contribution is -2.44. The highest BCUT2D eigenvalue weighted by atomic mass is 32.1. The van der Waals surface area contributed by atoms with Crippen LogP contribution < -0.4 is 0 Å². The highest BCUT2D eigenvalue weighted by molar-refractivity contribution is 7.12. The highest BCUT2D eigenvalue weighted by Crippen LogP contribution is 2.35. The van der Waals surface area contributed by atoms with Crippen molar-refractivity contribution in [3.05, 3.63) is 58.0 Å². The van der Waals surface area contributed by atoms with Crippen LogP contribution in [0.2, 0.25) is 0 Å². The van der Waals surface area contributed by atoms with Gasteiger partial charge in [0.15, 0.2) is 0 Å². The number of amides is 2. The number of thiophene rings is 1. The SMILES string of the molecule is COCCN(CC(=O)N1N=C(c2cccs2)C[C@H]1c1ccccc1F)C(=O)C(C)C. The van der Waals surface area contributed by atoms with Crippen LogP contribution in [0.5, 0.6) is 0 Å². The van der Waals surface area contributed by atoms with Gasteiger partial charge in [-0.2, -0.15) is 5.10 Å². The van der Waals surface area contributed by atoms with Crippen LogP contribution in [0.25, 0.3) is 0 Å². The molecule has 2 heterocycles. The predicted molar refractivity (Wildman–Crippen MR) is 115 cm³/mol. The first-order valence-corrected chi connectivity index (χ1v) is 10.8. The molecule has 0 fully saturated rings. The highest BCUT2D eigenvalue weighted by Gasteiger charge is 2.36. The number of halogens is 1. The fraction of sp³-hybridized carbons (Fsp3) is 0.409. The maximum absolute atomic E-state index is 14.5. The molecule has 0 aliphatic carbocycles. The Morgan fingerprint density at radius 2 is 2.07 bits per heavy atom. The van der Waals surface area contributed by atoms with Crippen molar-refractivity contribution in [1.29, 1.82) is 0 Å². The zero-order valence-corrected chi connectivity index (χ0v) is 18.2. The third kappa shape index (κ3) is 4.94. The molecule has 1 aromatic heterocycles. The Bertz CT molecular complexity index is 914. The second-order valence-electron chi connectivity index (χ2n) is 7.41. The predicted octanol–water partition coefficient (Wildman–Crippen LogP) is 3.70. The van der Waals surface area contributed by atoms with Gasteiger partial charge < -0.3 is 9.64 Å². The van der Waals surface area contributed by atoms with Crippen LogP contribution in [0.3, 0.4) is 0 Å². The summed E-state index contributed by atoms with van der Waals surface area (Å²) < 4.78 is 19.6. The van der Waals surface area contributed by atoms with E-state index >= 15 is 0 Å². The molecule has 160 valence electrons. The summed E-state index contributed by atoms with van der Waals surface area (Å²) in [5, 5.41) is 7.81. The number of hydrogen-bond acceptors (Lipinski definition) is 5. The van der Waals surface area contributed by atoms with Gasteiger partial charge in [0, 0.05) is 31.6 Å². The number of hydrogen-bond donors (Lipinski definition) is 0. The van der Waals surface area contributed by atoms with Gasteiger partial charge in [0.1, 0.15) is 12.4 Å². The molecule has 2 aromatic rings. The van der Waals surface area contributed by atoms with Crippen molar-refractivity contribution in [2.75, 3.05) is 26.8 Å². The van der Waals surface area contributed by atoms with Gasteiger partial charge in [-0.1, -0.05) is 38.1 Å². The molecule has 3 rings (SSSR count). The fourth-order valence-electron chi connectivity index (χ4n) is 3.39. The van der Waals surface area contributed by atoms with Crippen molar-refractivity contribution in [3.8, 4) is 0 Å². The molecule has 1 atom stereocenters. The van der Waals surface area contributed by atoms with E-state index in [0.717, 1.165) is 10.6 Å². The molecule has 0 radical (unpaired) electrons. The minimum atomic E-state index is -0.547. The summed E-state index contributed by atoms with van der Waals surface area (Å²) in [4.78, 5) is 28.2. The van der Waals surface area contributed by atoms with E-state index in [0.29, 0.717) is 25.1 Å². The smallest absolute Gasteiger partial charge is 0.262 e. The van der Waals surface area contributed by atoms with Gasteiger partial charge in [-0.05, 0) is 17.5 Å². The molecular formula is C22H26FN3O3S. The molecular weight excluding hydrogens is 405 g/mol. The monoisotopic (exact) mass is 431 g/mol. The topological polar surface area (TPSA) is 62.2 Å². The standard InChI is InChI=1S/C22H26FN3O3S/c1-15(2)22(28)25(10-11-29-3)14-21(27)26-19(16-7-4-5-8-17(16)23)13-18(24-26)20-9-6-12-30-20/h4-9,12,15,19H,10-11,13-14H2,1-3H3/t19-/m0/s1. The van der Waals surface area contributed by atoms with E-state index in [4.69, 9.17) is 4.74 Å². The maximum Gasteiger partial charge on any atom is 0.262 e. The Morgan fingerprint density at radius 1 is 1.30 bits per heavy atom. The Kier molecular flexibility index (Phi) is 7.33. The van der Waals surface area contributed by atoms with Crippen LogP contribution in [0, 0.1) is 11.7 Å². The number of carbonyl (C=O) groups excluding carboxylic acids is 2. The van der Waals surface area contributed by atoms with E-state index in [1.165, 1.54) is 27.3 Å². The van der Waals surface area contributed by atoms with E-state index in [1.54, 1.807) is 39.2 Å². The maximum atomic E-state index is 14.5. The lowest BCUT2D eigenvalue weighted by atomic mass is 10.0. The molecule has 1 aromatic carbocycles. The molecule has 6 nitrogen and oxygen atoms in total. The van der Waals surface area contributed by atoms with Crippen LogP contribution in [-0.2, 0) is 14.3 Å². The third-order valence-electron chi connectivity index (χ3n) is 4.93. The number of benzene rings is 1. The lowest BCUT2D eigenvalue weighted by molar-refractivity contribution is -0.143. The van der Waals surface area contributed by atoms with Gasteiger partial charge in [0.2, 0.25) is 5.91 Å². The first-order chi connectivity index (χ1) is 14.4. The largest absolute Gasteiger partial charge is 0.383 e. The Balaban J connectivity index is 1.88.